The molecule has 1 aliphatic rings. The summed E-state index contributed by atoms with van der Waals surface area (Å²) in [5, 5.41) is 3.31. The number of hydrogen-bond donors (Lipinski definition) is 1. The van der Waals surface area contributed by atoms with Crippen molar-refractivity contribution in [3.05, 3.63) is 18.2 Å². The van der Waals surface area contributed by atoms with E-state index in [9.17, 15) is 4.79 Å². The molecule has 4 heteroatoms. The van der Waals surface area contributed by atoms with Gasteiger partial charge in [0.1, 0.15) is 0 Å². The van der Waals surface area contributed by atoms with E-state index in [4.69, 9.17) is 5.53 Å². The van der Waals surface area contributed by atoms with Crippen LogP contribution in [0.2, 0.25) is 0 Å². The lowest BCUT2D eigenvalue weighted by molar-refractivity contribution is -0.121. The van der Waals surface area contributed by atoms with Gasteiger partial charge in [-0.1, -0.05) is 6.08 Å². The van der Waals surface area contributed by atoms with Gasteiger partial charge in [-0.2, -0.15) is 4.79 Å². The van der Waals surface area contributed by atoms with Crippen molar-refractivity contribution in [3.63, 3.8) is 0 Å². The summed E-state index contributed by atoms with van der Waals surface area (Å²) in [4.78, 5) is 14.6. The average Bonchev–Trinajstić information content (AvgIpc) is 2.43. The summed E-state index contributed by atoms with van der Waals surface area (Å²) in [7, 11) is 0. The minimum absolute atomic E-state index is 0.126. The Labute approximate surface area is 90.0 Å². The number of allylic oxidation sites excluding steroid dienone is 1. The first kappa shape index (κ1) is 11.8. The van der Waals surface area contributed by atoms with Gasteiger partial charge in [-0.3, -0.25) is 4.79 Å². The van der Waals surface area contributed by atoms with Crippen LogP contribution in [-0.4, -0.2) is 28.9 Å². The van der Waals surface area contributed by atoms with Gasteiger partial charge in [0.05, 0.1) is 5.92 Å². The van der Waals surface area contributed by atoms with Gasteiger partial charge in [0.2, 0.25) is 5.78 Å². The average molecular weight is 207 g/mol. The molecule has 0 aliphatic carbocycles. The SMILES string of the molecule is C=CC[C@@H]1CNC(C)(C)[C@H]1C(=O)C=[N+]=[N-]. The van der Waals surface area contributed by atoms with Crippen LogP contribution in [0.4, 0.5) is 0 Å². The van der Waals surface area contributed by atoms with Crippen LogP contribution < -0.4 is 5.32 Å². The molecule has 0 aromatic heterocycles. The standard InChI is InChI=1S/C11H17N3O/c1-4-5-8-6-13-11(2,3)10(8)9(15)7-14-12/h4,7-8,10,13H,1,5-6H2,2-3H3/t8-,10-/m1/s1. The van der Waals surface area contributed by atoms with Crippen molar-refractivity contribution in [2.45, 2.75) is 25.8 Å². The molecule has 2 atom stereocenters. The van der Waals surface area contributed by atoms with E-state index >= 15 is 0 Å². The molecule has 0 radical (unpaired) electrons. The van der Waals surface area contributed by atoms with Gasteiger partial charge in [0.25, 0.3) is 0 Å². The number of nitrogens with one attached hydrogen (secondary N) is 1. The summed E-state index contributed by atoms with van der Waals surface area (Å²) in [6, 6.07) is 0. The number of hydrogen-bond acceptors (Lipinski definition) is 2. The highest BCUT2D eigenvalue weighted by molar-refractivity contribution is 6.26. The van der Waals surface area contributed by atoms with E-state index < -0.39 is 0 Å². The van der Waals surface area contributed by atoms with Crippen LogP contribution in [0.3, 0.4) is 0 Å². The smallest absolute Gasteiger partial charge is 0.323 e. The van der Waals surface area contributed by atoms with Crippen LogP contribution in [0.5, 0.6) is 0 Å². The van der Waals surface area contributed by atoms with Crippen molar-refractivity contribution in [1.82, 2.24) is 5.32 Å². The third kappa shape index (κ3) is 2.41. The number of Topliss-reactive ketones (excluding diaryl/α,β-unsaturated/α-hetero) is 1. The van der Waals surface area contributed by atoms with Gasteiger partial charge < -0.3 is 10.8 Å². The first-order valence-electron chi connectivity index (χ1n) is 5.10. The molecule has 0 spiro atoms. The summed E-state index contributed by atoms with van der Waals surface area (Å²) in [5.74, 6) is -0.0336. The highest BCUT2D eigenvalue weighted by Gasteiger charge is 2.45. The molecule has 1 aliphatic heterocycles. The van der Waals surface area contributed by atoms with Crippen molar-refractivity contribution >= 4 is 12.0 Å². The molecule has 1 heterocycles. The van der Waals surface area contributed by atoms with Crippen LogP contribution in [-0.2, 0) is 4.79 Å². The number of ketones is 1. The Morgan fingerprint density at radius 3 is 2.93 bits per heavy atom. The predicted molar refractivity (Wildman–Crippen MR) is 58.6 cm³/mol. The van der Waals surface area contributed by atoms with Crippen LogP contribution in [0.1, 0.15) is 20.3 Å². The topological polar surface area (TPSA) is 65.5 Å². The van der Waals surface area contributed by atoms with E-state index in [1.165, 1.54) is 0 Å². The molecule has 0 bridgehead atoms. The number of carbonyl (C=O) groups excluding carboxylic acids is 1. The fraction of sp³-hybridized carbons (Fsp3) is 0.636. The number of nitrogens with zero attached hydrogens (tertiary/aromatic N) is 2. The summed E-state index contributed by atoms with van der Waals surface area (Å²) < 4.78 is 0. The molecular weight excluding hydrogens is 190 g/mol. The summed E-state index contributed by atoms with van der Waals surface area (Å²) in [5.41, 5.74) is 8.15. The van der Waals surface area contributed by atoms with Gasteiger partial charge in [-0.15, -0.1) is 6.58 Å². The molecule has 0 amide bonds. The molecule has 0 unspecified atom stereocenters. The van der Waals surface area contributed by atoms with Crippen LogP contribution >= 0.6 is 0 Å². The molecule has 0 aromatic carbocycles. The van der Waals surface area contributed by atoms with Crippen LogP contribution in [0.15, 0.2) is 12.7 Å². The fourth-order valence-electron chi connectivity index (χ4n) is 2.37. The van der Waals surface area contributed by atoms with Gasteiger partial charge in [-0.25, -0.2) is 0 Å². The normalized spacial score (nSPS) is 28.1. The Balaban J connectivity index is 2.90. The Morgan fingerprint density at radius 1 is 1.73 bits per heavy atom. The second-order valence-electron chi connectivity index (χ2n) is 4.51. The molecule has 1 saturated heterocycles. The lowest BCUT2D eigenvalue weighted by Gasteiger charge is -2.26. The maximum atomic E-state index is 11.8. The van der Waals surface area contributed by atoms with Crippen molar-refractivity contribution < 1.29 is 9.58 Å². The zero-order chi connectivity index (χ0) is 11.5. The lowest BCUT2D eigenvalue weighted by atomic mass is 9.78. The quantitative estimate of drug-likeness (QED) is 0.324. The molecule has 1 N–H and O–H groups in total. The minimum atomic E-state index is -0.244. The minimum Gasteiger partial charge on any atom is -0.361 e. The van der Waals surface area contributed by atoms with E-state index in [1.54, 1.807) is 0 Å². The highest BCUT2D eigenvalue weighted by atomic mass is 16.1. The second-order valence-corrected chi connectivity index (χ2v) is 4.51. The van der Waals surface area contributed by atoms with Gasteiger partial charge in [0, 0.05) is 5.54 Å². The maximum Gasteiger partial charge on any atom is 0.323 e. The number of carbonyl (C=O) groups is 1. The van der Waals surface area contributed by atoms with E-state index in [0.29, 0.717) is 0 Å². The Kier molecular flexibility index (Phi) is 3.56. The molecule has 82 valence electrons. The lowest BCUT2D eigenvalue weighted by Crippen LogP contribution is -2.42. The summed E-state index contributed by atoms with van der Waals surface area (Å²) in [6.45, 7) is 8.47. The van der Waals surface area contributed by atoms with Crippen molar-refractivity contribution in [1.29, 1.82) is 0 Å². The maximum absolute atomic E-state index is 11.8. The summed E-state index contributed by atoms with van der Waals surface area (Å²) >= 11 is 0. The molecular formula is C11H17N3O. The predicted octanol–water partition coefficient (Wildman–Crippen LogP) is 1.05. The summed E-state index contributed by atoms with van der Waals surface area (Å²) in [6.07, 6.45) is 3.62. The van der Waals surface area contributed by atoms with Gasteiger partial charge in [0.15, 0.2) is 0 Å². The van der Waals surface area contributed by atoms with E-state index in [-0.39, 0.29) is 23.2 Å². The third-order valence-corrected chi connectivity index (χ3v) is 3.03. The second kappa shape index (κ2) is 4.51. The van der Waals surface area contributed by atoms with E-state index in [1.807, 2.05) is 19.9 Å². The van der Waals surface area contributed by atoms with Crippen molar-refractivity contribution in [3.8, 4) is 0 Å². The Morgan fingerprint density at radius 2 is 2.40 bits per heavy atom. The van der Waals surface area contributed by atoms with Gasteiger partial charge in [-0.05, 0) is 32.7 Å². The fourth-order valence-corrected chi connectivity index (χ4v) is 2.37. The third-order valence-electron chi connectivity index (χ3n) is 3.03. The molecule has 1 rings (SSSR count). The van der Waals surface area contributed by atoms with E-state index in [2.05, 4.69) is 16.7 Å². The Bertz CT molecular complexity index is 316. The van der Waals surface area contributed by atoms with Crippen LogP contribution in [0, 0.1) is 11.8 Å². The first-order valence-corrected chi connectivity index (χ1v) is 5.10. The van der Waals surface area contributed by atoms with E-state index in [0.717, 1.165) is 19.2 Å². The molecule has 0 saturated carbocycles. The van der Waals surface area contributed by atoms with Crippen LogP contribution in [0.25, 0.3) is 5.53 Å². The molecule has 4 nitrogen and oxygen atoms in total. The van der Waals surface area contributed by atoms with Crippen molar-refractivity contribution in [2.75, 3.05) is 6.54 Å². The number of rotatable bonds is 4. The molecule has 15 heavy (non-hydrogen) atoms. The zero-order valence-corrected chi connectivity index (χ0v) is 9.23. The van der Waals surface area contributed by atoms with Gasteiger partial charge >= 0.3 is 6.21 Å². The first-order chi connectivity index (χ1) is 7.03. The monoisotopic (exact) mass is 207 g/mol. The molecule has 1 fully saturated rings. The zero-order valence-electron chi connectivity index (χ0n) is 9.23. The Hall–Kier alpha value is -1.25. The highest BCUT2D eigenvalue weighted by Crippen LogP contribution is 2.33. The molecule has 0 aromatic rings. The van der Waals surface area contributed by atoms with Crippen molar-refractivity contribution in [2.24, 2.45) is 11.8 Å². The largest absolute Gasteiger partial charge is 0.361 e.